The first-order chi connectivity index (χ1) is 9.29. The summed E-state index contributed by atoms with van der Waals surface area (Å²) in [6.45, 7) is 1.80. The van der Waals surface area contributed by atoms with E-state index in [9.17, 15) is 18.0 Å². The Kier molecular flexibility index (Phi) is 5.40. The molecule has 0 saturated carbocycles. The minimum atomic E-state index is -4.53. The zero-order chi connectivity index (χ0) is 15.3. The molecule has 1 N–H and O–H groups in total. The number of carbonyl (C=O) groups is 1. The summed E-state index contributed by atoms with van der Waals surface area (Å²) in [4.78, 5) is 11.8. The fraction of sp³-hybridized carbons (Fsp3) is 0.385. The molecule has 1 unspecified atom stereocenters. The first-order valence-corrected chi connectivity index (χ1v) is 6.24. The minimum absolute atomic E-state index is 0.0143. The lowest BCUT2D eigenvalue weighted by molar-refractivity contribution is -0.137. The molecule has 108 valence electrons. The molecule has 0 heterocycles. The molecular weight excluding hydrogens is 293 g/mol. The molecule has 7 heteroatoms. The Morgan fingerprint density at radius 2 is 2.15 bits per heavy atom. The van der Waals surface area contributed by atoms with Crippen molar-refractivity contribution in [3.63, 3.8) is 0 Å². The third-order valence-electron chi connectivity index (χ3n) is 2.60. The summed E-state index contributed by atoms with van der Waals surface area (Å²) < 4.78 is 37.7. The molecule has 3 nitrogen and oxygen atoms in total. The van der Waals surface area contributed by atoms with Crippen molar-refractivity contribution in [3.8, 4) is 6.07 Å². The summed E-state index contributed by atoms with van der Waals surface area (Å²) in [6.07, 6.45) is -3.58. The van der Waals surface area contributed by atoms with Gasteiger partial charge in [-0.25, -0.2) is 0 Å². The van der Waals surface area contributed by atoms with Crippen LogP contribution in [0.1, 0.15) is 25.3 Å². The maximum absolute atomic E-state index is 12.6. The monoisotopic (exact) mass is 304 g/mol. The highest BCUT2D eigenvalue weighted by Gasteiger charge is 2.31. The molecule has 0 aliphatic heterocycles. The number of nitriles is 1. The first kappa shape index (κ1) is 16.3. The molecule has 0 aliphatic rings. The van der Waals surface area contributed by atoms with E-state index in [-0.39, 0.29) is 10.7 Å². The van der Waals surface area contributed by atoms with Gasteiger partial charge in [-0.15, -0.1) is 0 Å². The molecule has 1 aromatic carbocycles. The molecular formula is C13H12ClF3N2O. The van der Waals surface area contributed by atoms with Crippen LogP contribution >= 0.6 is 11.6 Å². The van der Waals surface area contributed by atoms with Crippen molar-refractivity contribution in [2.75, 3.05) is 5.32 Å². The van der Waals surface area contributed by atoms with Crippen LogP contribution < -0.4 is 5.32 Å². The molecule has 1 atom stereocenters. The Morgan fingerprint density at radius 3 is 2.65 bits per heavy atom. The number of benzene rings is 1. The van der Waals surface area contributed by atoms with E-state index >= 15 is 0 Å². The Balaban J connectivity index is 2.98. The lowest BCUT2D eigenvalue weighted by atomic mass is 10.0. The van der Waals surface area contributed by atoms with Gasteiger partial charge in [0.05, 0.1) is 22.3 Å². The molecule has 20 heavy (non-hydrogen) atoms. The highest BCUT2D eigenvalue weighted by atomic mass is 35.5. The van der Waals surface area contributed by atoms with Gasteiger partial charge in [-0.2, -0.15) is 18.4 Å². The third kappa shape index (κ3) is 4.14. The fourth-order valence-electron chi connectivity index (χ4n) is 1.56. The second-order valence-electron chi connectivity index (χ2n) is 4.15. The van der Waals surface area contributed by atoms with Crippen molar-refractivity contribution in [3.05, 3.63) is 28.8 Å². The maximum Gasteiger partial charge on any atom is 0.416 e. The molecule has 1 amide bonds. The highest BCUT2D eigenvalue weighted by Crippen LogP contribution is 2.34. The van der Waals surface area contributed by atoms with Gasteiger partial charge in [-0.1, -0.05) is 24.9 Å². The molecule has 0 spiro atoms. The molecule has 0 fully saturated rings. The molecule has 1 rings (SSSR count). The standard InChI is InChI=1S/C13H12ClF3N2O/c1-2-3-8(7-18)12(20)19-11-6-9(13(15,16)17)4-5-10(11)14/h4-6,8H,2-3H2,1H3,(H,19,20). The van der Waals surface area contributed by atoms with Gasteiger partial charge in [0.25, 0.3) is 0 Å². The zero-order valence-corrected chi connectivity index (χ0v) is 11.3. The summed E-state index contributed by atoms with van der Waals surface area (Å²) in [5, 5.41) is 11.1. The van der Waals surface area contributed by atoms with Crippen molar-refractivity contribution in [2.45, 2.75) is 25.9 Å². The van der Waals surface area contributed by atoms with E-state index < -0.39 is 23.6 Å². The molecule has 0 bridgehead atoms. The summed E-state index contributed by atoms with van der Waals surface area (Å²) in [6, 6.07) is 4.44. The van der Waals surface area contributed by atoms with Gasteiger partial charge in [0.1, 0.15) is 5.92 Å². The predicted octanol–water partition coefficient (Wildman–Crippen LogP) is 4.24. The van der Waals surface area contributed by atoms with Gasteiger partial charge >= 0.3 is 6.18 Å². The van der Waals surface area contributed by atoms with E-state index in [2.05, 4.69) is 5.32 Å². The number of rotatable bonds is 4. The van der Waals surface area contributed by atoms with Crippen molar-refractivity contribution in [2.24, 2.45) is 5.92 Å². The van der Waals surface area contributed by atoms with E-state index in [1.54, 1.807) is 6.92 Å². The van der Waals surface area contributed by atoms with Crippen LogP contribution in [0.3, 0.4) is 0 Å². The zero-order valence-electron chi connectivity index (χ0n) is 10.6. The second kappa shape index (κ2) is 6.62. The van der Waals surface area contributed by atoms with Gasteiger partial charge in [0.15, 0.2) is 0 Å². The lowest BCUT2D eigenvalue weighted by Crippen LogP contribution is -2.22. The maximum atomic E-state index is 12.6. The molecule has 1 aromatic rings. The summed E-state index contributed by atoms with van der Waals surface area (Å²) >= 11 is 5.75. The van der Waals surface area contributed by atoms with Crippen LogP contribution in [0, 0.1) is 17.2 Å². The number of anilines is 1. The minimum Gasteiger partial charge on any atom is -0.324 e. The van der Waals surface area contributed by atoms with E-state index in [1.807, 2.05) is 6.07 Å². The summed E-state index contributed by atoms with van der Waals surface area (Å²) in [5.74, 6) is -1.57. The SMILES string of the molecule is CCCC(C#N)C(=O)Nc1cc(C(F)(F)F)ccc1Cl. The van der Waals surface area contributed by atoms with Gasteiger partial charge in [-0.05, 0) is 24.6 Å². The van der Waals surface area contributed by atoms with E-state index in [0.29, 0.717) is 12.8 Å². The van der Waals surface area contributed by atoms with Gasteiger partial charge in [-0.3, -0.25) is 4.79 Å². The number of alkyl halides is 3. The van der Waals surface area contributed by atoms with Crippen LogP contribution in [-0.4, -0.2) is 5.91 Å². The summed E-state index contributed by atoms with van der Waals surface area (Å²) in [7, 11) is 0. The van der Waals surface area contributed by atoms with Crippen molar-refractivity contribution in [1.82, 2.24) is 0 Å². The van der Waals surface area contributed by atoms with Crippen LogP contribution in [-0.2, 0) is 11.0 Å². The Morgan fingerprint density at radius 1 is 1.50 bits per heavy atom. The van der Waals surface area contributed by atoms with E-state index in [0.717, 1.165) is 18.2 Å². The van der Waals surface area contributed by atoms with E-state index in [4.69, 9.17) is 16.9 Å². The average Bonchev–Trinajstić information content (AvgIpc) is 2.37. The van der Waals surface area contributed by atoms with Crippen LogP contribution in [0.15, 0.2) is 18.2 Å². The number of hydrogen-bond acceptors (Lipinski definition) is 2. The Labute approximate surface area is 119 Å². The van der Waals surface area contributed by atoms with Gasteiger partial charge < -0.3 is 5.32 Å². The molecule has 0 aliphatic carbocycles. The normalized spacial score (nSPS) is 12.6. The predicted molar refractivity (Wildman–Crippen MR) is 69.1 cm³/mol. The van der Waals surface area contributed by atoms with E-state index in [1.165, 1.54) is 0 Å². The highest BCUT2D eigenvalue weighted by molar-refractivity contribution is 6.33. The number of halogens is 4. The van der Waals surface area contributed by atoms with Gasteiger partial charge in [0, 0.05) is 0 Å². The molecule has 0 saturated heterocycles. The first-order valence-electron chi connectivity index (χ1n) is 5.86. The number of nitrogens with one attached hydrogen (secondary N) is 1. The summed E-state index contributed by atoms with van der Waals surface area (Å²) in [5.41, 5.74) is -1.07. The van der Waals surface area contributed by atoms with Crippen molar-refractivity contribution < 1.29 is 18.0 Å². The Hall–Kier alpha value is -1.74. The topological polar surface area (TPSA) is 52.9 Å². The molecule has 0 radical (unpaired) electrons. The van der Waals surface area contributed by atoms with Crippen LogP contribution in [0.4, 0.5) is 18.9 Å². The smallest absolute Gasteiger partial charge is 0.324 e. The Bertz CT molecular complexity index is 537. The van der Waals surface area contributed by atoms with Crippen LogP contribution in [0.5, 0.6) is 0 Å². The lowest BCUT2D eigenvalue weighted by Gasteiger charge is -2.13. The van der Waals surface area contributed by atoms with Crippen molar-refractivity contribution >= 4 is 23.2 Å². The number of amides is 1. The fourth-order valence-corrected chi connectivity index (χ4v) is 1.72. The number of nitrogens with zero attached hydrogens (tertiary/aromatic N) is 1. The number of hydrogen-bond donors (Lipinski definition) is 1. The number of carbonyl (C=O) groups excluding carboxylic acids is 1. The van der Waals surface area contributed by atoms with Crippen LogP contribution in [0.25, 0.3) is 0 Å². The average molecular weight is 305 g/mol. The quantitative estimate of drug-likeness (QED) is 0.904. The van der Waals surface area contributed by atoms with Crippen LogP contribution in [0.2, 0.25) is 5.02 Å². The third-order valence-corrected chi connectivity index (χ3v) is 2.93. The largest absolute Gasteiger partial charge is 0.416 e. The second-order valence-corrected chi connectivity index (χ2v) is 4.56. The van der Waals surface area contributed by atoms with Crippen molar-refractivity contribution in [1.29, 1.82) is 5.26 Å². The van der Waals surface area contributed by atoms with Gasteiger partial charge in [0.2, 0.25) is 5.91 Å². The molecule has 0 aromatic heterocycles.